The maximum absolute atomic E-state index is 9.54. The zero-order valence-corrected chi connectivity index (χ0v) is 7.83. The summed E-state index contributed by atoms with van der Waals surface area (Å²) in [5.74, 6) is 2.47. The van der Waals surface area contributed by atoms with Gasteiger partial charge in [-0.3, -0.25) is 4.98 Å². The standard InChI is InChI=1S/C10H10ClNO/c1-2-3-4-10(13)9-6-5-8(11)7-12-9/h1,5-7,10,13H,3-4H2. The molecule has 68 valence electrons. The second kappa shape index (κ2) is 4.86. The number of terminal acetylenes is 1. The Labute approximate surface area is 82.6 Å². The fourth-order valence-corrected chi connectivity index (χ4v) is 1.06. The number of aromatic nitrogens is 1. The summed E-state index contributed by atoms with van der Waals surface area (Å²) in [4.78, 5) is 3.98. The molecule has 0 bridgehead atoms. The average Bonchev–Trinajstić information content (AvgIpc) is 2.15. The first-order valence-corrected chi connectivity index (χ1v) is 4.35. The minimum atomic E-state index is -0.590. The largest absolute Gasteiger partial charge is 0.387 e. The van der Waals surface area contributed by atoms with Gasteiger partial charge in [0.05, 0.1) is 16.8 Å². The monoisotopic (exact) mass is 195 g/mol. The highest BCUT2D eigenvalue weighted by Crippen LogP contribution is 2.17. The highest BCUT2D eigenvalue weighted by atomic mass is 35.5. The molecule has 0 aromatic carbocycles. The Kier molecular flexibility index (Phi) is 3.75. The number of hydrogen-bond donors (Lipinski definition) is 1. The van der Waals surface area contributed by atoms with E-state index in [-0.39, 0.29) is 0 Å². The maximum atomic E-state index is 9.54. The number of rotatable bonds is 3. The highest BCUT2D eigenvalue weighted by Gasteiger charge is 2.07. The van der Waals surface area contributed by atoms with E-state index in [1.54, 1.807) is 12.1 Å². The molecule has 1 unspecified atom stereocenters. The van der Waals surface area contributed by atoms with Crippen molar-refractivity contribution in [2.24, 2.45) is 0 Å². The van der Waals surface area contributed by atoms with Crippen LogP contribution in [0.2, 0.25) is 5.02 Å². The summed E-state index contributed by atoms with van der Waals surface area (Å²) >= 11 is 5.64. The van der Waals surface area contributed by atoms with Crippen molar-refractivity contribution in [1.29, 1.82) is 0 Å². The van der Waals surface area contributed by atoms with E-state index in [4.69, 9.17) is 18.0 Å². The van der Waals surface area contributed by atoms with E-state index in [0.29, 0.717) is 23.6 Å². The zero-order valence-electron chi connectivity index (χ0n) is 7.07. The Morgan fingerprint density at radius 2 is 2.38 bits per heavy atom. The summed E-state index contributed by atoms with van der Waals surface area (Å²) in [5, 5.41) is 10.1. The molecule has 1 rings (SSSR count). The molecule has 1 heterocycles. The van der Waals surface area contributed by atoms with Gasteiger partial charge in [0.25, 0.3) is 0 Å². The van der Waals surface area contributed by atoms with E-state index in [9.17, 15) is 5.11 Å². The molecule has 1 atom stereocenters. The number of pyridine rings is 1. The van der Waals surface area contributed by atoms with Gasteiger partial charge in [-0.25, -0.2) is 0 Å². The summed E-state index contributed by atoms with van der Waals surface area (Å²) in [7, 11) is 0. The SMILES string of the molecule is C#CCCC(O)c1ccc(Cl)cn1. The molecule has 1 aromatic heterocycles. The summed E-state index contributed by atoms with van der Waals surface area (Å²) < 4.78 is 0. The van der Waals surface area contributed by atoms with Crippen molar-refractivity contribution in [3.8, 4) is 12.3 Å². The number of hydrogen-bond acceptors (Lipinski definition) is 2. The van der Waals surface area contributed by atoms with Crippen LogP contribution in [0.4, 0.5) is 0 Å². The van der Waals surface area contributed by atoms with Crippen LogP contribution in [0.1, 0.15) is 24.6 Å². The van der Waals surface area contributed by atoms with Crippen LogP contribution in [0.3, 0.4) is 0 Å². The van der Waals surface area contributed by atoms with Gasteiger partial charge in [0.1, 0.15) is 0 Å². The molecule has 1 N–H and O–H groups in total. The summed E-state index contributed by atoms with van der Waals surface area (Å²) in [6, 6.07) is 3.40. The van der Waals surface area contributed by atoms with E-state index in [0.717, 1.165) is 0 Å². The molecule has 0 aliphatic heterocycles. The summed E-state index contributed by atoms with van der Waals surface area (Å²) in [6.07, 6.45) is 7.08. The van der Waals surface area contributed by atoms with Crippen molar-refractivity contribution >= 4 is 11.6 Å². The first-order valence-electron chi connectivity index (χ1n) is 3.97. The molecule has 0 amide bonds. The Bertz CT molecular complexity index is 302. The van der Waals surface area contributed by atoms with Crippen LogP contribution in [-0.2, 0) is 0 Å². The maximum Gasteiger partial charge on any atom is 0.0968 e. The van der Waals surface area contributed by atoms with Crippen LogP contribution in [0.25, 0.3) is 0 Å². The predicted molar refractivity (Wildman–Crippen MR) is 52.3 cm³/mol. The van der Waals surface area contributed by atoms with Gasteiger partial charge < -0.3 is 5.11 Å². The molecule has 0 aliphatic rings. The van der Waals surface area contributed by atoms with E-state index >= 15 is 0 Å². The molecule has 0 fully saturated rings. The number of aliphatic hydroxyl groups excluding tert-OH is 1. The van der Waals surface area contributed by atoms with E-state index in [2.05, 4.69) is 10.9 Å². The third-order valence-electron chi connectivity index (χ3n) is 1.65. The lowest BCUT2D eigenvalue weighted by atomic mass is 10.1. The van der Waals surface area contributed by atoms with Crippen molar-refractivity contribution in [2.75, 3.05) is 0 Å². The molecule has 0 aliphatic carbocycles. The summed E-state index contributed by atoms with van der Waals surface area (Å²) in [5.41, 5.74) is 0.611. The highest BCUT2D eigenvalue weighted by molar-refractivity contribution is 6.30. The van der Waals surface area contributed by atoms with Crippen molar-refractivity contribution in [3.05, 3.63) is 29.0 Å². The van der Waals surface area contributed by atoms with Gasteiger partial charge in [0.2, 0.25) is 0 Å². The Morgan fingerprint density at radius 3 is 2.92 bits per heavy atom. The van der Waals surface area contributed by atoms with Gasteiger partial charge in [0, 0.05) is 12.6 Å². The molecular formula is C10H10ClNO. The predicted octanol–water partition coefficient (Wildman–Crippen LogP) is 2.18. The Morgan fingerprint density at radius 1 is 1.62 bits per heavy atom. The van der Waals surface area contributed by atoms with Gasteiger partial charge in [-0.2, -0.15) is 0 Å². The normalized spacial score (nSPS) is 12.1. The first-order chi connectivity index (χ1) is 6.24. The minimum Gasteiger partial charge on any atom is -0.387 e. The number of nitrogens with zero attached hydrogens (tertiary/aromatic N) is 1. The van der Waals surface area contributed by atoms with Crippen LogP contribution in [0, 0.1) is 12.3 Å². The Hall–Kier alpha value is -1.04. The van der Waals surface area contributed by atoms with Gasteiger partial charge in [-0.05, 0) is 18.6 Å². The fraction of sp³-hybridized carbons (Fsp3) is 0.300. The lowest BCUT2D eigenvalue weighted by molar-refractivity contribution is 0.164. The molecule has 0 spiro atoms. The first kappa shape index (κ1) is 10.0. The van der Waals surface area contributed by atoms with Crippen LogP contribution < -0.4 is 0 Å². The molecule has 3 heteroatoms. The van der Waals surface area contributed by atoms with Crippen molar-refractivity contribution in [2.45, 2.75) is 18.9 Å². The molecule has 0 saturated carbocycles. The van der Waals surface area contributed by atoms with Crippen LogP contribution in [0.15, 0.2) is 18.3 Å². The van der Waals surface area contributed by atoms with Crippen molar-refractivity contribution < 1.29 is 5.11 Å². The van der Waals surface area contributed by atoms with Crippen molar-refractivity contribution in [1.82, 2.24) is 4.98 Å². The fourth-order valence-electron chi connectivity index (χ4n) is 0.952. The van der Waals surface area contributed by atoms with Crippen LogP contribution in [-0.4, -0.2) is 10.1 Å². The lowest BCUT2D eigenvalue weighted by Crippen LogP contribution is -1.99. The zero-order chi connectivity index (χ0) is 9.68. The lowest BCUT2D eigenvalue weighted by Gasteiger charge is -2.07. The van der Waals surface area contributed by atoms with Gasteiger partial charge in [-0.15, -0.1) is 12.3 Å². The van der Waals surface area contributed by atoms with Crippen LogP contribution >= 0.6 is 11.6 Å². The third kappa shape index (κ3) is 3.06. The average molecular weight is 196 g/mol. The summed E-state index contributed by atoms with van der Waals surface area (Å²) in [6.45, 7) is 0. The van der Waals surface area contributed by atoms with E-state index in [1.165, 1.54) is 6.20 Å². The van der Waals surface area contributed by atoms with E-state index in [1.807, 2.05) is 0 Å². The van der Waals surface area contributed by atoms with E-state index < -0.39 is 6.10 Å². The molecule has 1 aromatic rings. The van der Waals surface area contributed by atoms with Crippen molar-refractivity contribution in [3.63, 3.8) is 0 Å². The topological polar surface area (TPSA) is 33.1 Å². The minimum absolute atomic E-state index is 0.533. The van der Waals surface area contributed by atoms with Crippen LogP contribution in [0.5, 0.6) is 0 Å². The number of halogens is 1. The number of aliphatic hydroxyl groups is 1. The van der Waals surface area contributed by atoms with Gasteiger partial charge >= 0.3 is 0 Å². The third-order valence-corrected chi connectivity index (χ3v) is 1.88. The molecular weight excluding hydrogens is 186 g/mol. The van der Waals surface area contributed by atoms with Gasteiger partial charge in [0.15, 0.2) is 0 Å². The smallest absolute Gasteiger partial charge is 0.0968 e. The molecule has 13 heavy (non-hydrogen) atoms. The second-order valence-corrected chi connectivity index (χ2v) is 3.10. The molecule has 2 nitrogen and oxygen atoms in total. The Balaban J connectivity index is 2.62. The van der Waals surface area contributed by atoms with Gasteiger partial charge in [-0.1, -0.05) is 11.6 Å². The molecule has 0 radical (unpaired) electrons. The second-order valence-electron chi connectivity index (χ2n) is 2.66. The molecule has 0 saturated heterocycles. The quantitative estimate of drug-likeness (QED) is 0.750.